The number of carbonyl (C=O) groups excluding carboxylic acids is 1. The molecule has 1 aliphatic rings. The normalized spacial score (nSPS) is 22.8. The highest BCUT2D eigenvalue weighted by molar-refractivity contribution is 7.89. The Morgan fingerprint density at radius 1 is 1.14 bits per heavy atom. The van der Waals surface area contributed by atoms with E-state index in [2.05, 4.69) is 0 Å². The number of ether oxygens (including phenoxy) is 2. The van der Waals surface area contributed by atoms with Gasteiger partial charge in [0.15, 0.2) is 0 Å². The van der Waals surface area contributed by atoms with E-state index in [1.807, 2.05) is 0 Å². The smallest absolute Gasteiger partial charge is 0.324 e. The molecule has 0 radical (unpaired) electrons. The van der Waals surface area contributed by atoms with Crippen molar-refractivity contribution < 1.29 is 35.3 Å². The van der Waals surface area contributed by atoms with Crippen molar-refractivity contribution in [1.82, 2.24) is 4.31 Å². The number of nitrogens with zero attached hydrogens (tertiary/aromatic N) is 1. The SMILES string of the molecule is COC(=O)[C@H]1[C@H](COS(C)(=O)=O)C(C)(C)CN1S(=O)(=O)c1ccc(OC)cc1. The number of hydrogen-bond acceptors (Lipinski definition) is 8. The molecule has 1 aromatic rings. The molecule has 2 rings (SSSR count). The van der Waals surface area contributed by atoms with Crippen molar-refractivity contribution >= 4 is 26.1 Å². The van der Waals surface area contributed by atoms with Crippen LogP contribution in [0.25, 0.3) is 0 Å². The first-order valence-corrected chi connectivity index (χ1v) is 11.7. The van der Waals surface area contributed by atoms with Gasteiger partial charge in [-0.25, -0.2) is 8.42 Å². The highest BCUT2D eigenvalue weighted by Gasteiger charge is 2.55. The minimum Gasteiger partial charge on any atom is -0.497 e. The van der Waals surface area contributed by atoms with E-state index in [-0.39, 0.29) is 18.0 Å². The van der Waals surface area contributed by atoms with Crippen LogP contribution in [0.2, 0.25) is 0 Å². The standard InChI is InChI=1S/C17H25NO8S2/c1-17(2)11-18(28(22,23)13-8-6-12(24-3)7-9-13)15(16(19)25-4)14(17)10-26-27(5,20)21/h6-9,14-15H,10-11H2,1-5H3/t14-,15+/m0/s1. The highest BCUT2D eigenvalue weighted by Crippen LogP contribution is 2.43. The molecule has 1 fully saturated rings. The molecule has 0 aliphatic carbocycles. The lowest BCUT2D eigenvalue weighted by molar-refractivity contribution is -0.146. The van der Waals surface area contributed by atoms with Crippen LogP contribution < -0.4 is 4.74 Å². The molecule has 0 bridgehead atoms. The minimum absolute atomic E-state index is 0.00107. The fourth-order valence-corrected chi connectivity index (χ4v) is 5.46. The van der Waals surface area contributed by atoms with Gasteiger partial charge in [-0.3, -0.25) is 8.98 Å². The summed E-state index contributed by atoms with van der Waals surface area (Å²) in [6, 6.07) is 4.57. The Hall–Kier alpha value is -1.69. The van der Waals surface area contributed by atoms with Crippen molar-refractivity contribution in [1.29, 1.82) is 0 Å². The first-order chi connectivity index (χ1) is 12.8. The van der Waals surface area contributed by atoms with Crippen LogP contribution in [0.3, 0.4) is 0 Å². The Balaban J connectivity index is 2.47. The van der Waals surface area contributed by atoms with Gasteiger partial charge < -0.3 is 9.47 Å². The molecule has 0 saturated carbocycles. The quantitative estimate of drug-likeness (QED) is 0.457. The van der Waals surface area contributed by atoms with E-state index >= 15 is 0 Å². The van der Waals surface area contributed by atoms with Crippen molar-refractivity contribution in [3.8, 4) is 5.75 Å². The average Bonchev–Trinajstić information content (AvgIpc) is 2.90. The number of rotatable bonds is 7. The summed E-state index contributed by atoms with van der Waals surface area (Å²) in [6.45, 7) is 3.17. The van der Waals surface area contributed by atoms with E-state index < -0.39 is 43.5 Å². The van der Waals surface area contributed by atoms with Crippen LogP contribution >= 0.6 is 0 Å². The molecular weight excluding hydrogens is 410 g/mol. The second-order valence-corrected chi connectivity index (χ2v) is 10.8. The van der Waals surface area contributed by atoms with Crippen molar-refractivity contribution in [2.45, 2.75) is 24.8 Å². The Kier molecular flexibility index (Phi) is 6.44. The Morgan fingerprint density at radius 2 is 1.71 bits per heavy atom. The van der Waals surface area contributed by atoms with E-state index in [9.17, 15) is 21.6 Å². The van der Waals surface area contributed by atoms with Crippen LogP contribution in [-0.2, 0) is 33.9 Å². The zero-order chi connectivity index (χ0) is 21.3. The molecule has 0 unspecified atom stereocenters. The molecule has 2 atom stereocenters. The molecule has 0 amide bonds. The van der Waals surface area contributed by atoms with Crippen LogP contribution in [0.1, 0.15) is 13.8 Å². The number of sulfonamides is 1. The molecule has 1 aliphatic heterocycles. The van der Waals surface area contributed by atoms with Gasteiger partial charge in [-0.05, 0) is 29.7 Å². The fourth-order valence-electron chi connectivity index (χ4n) is 3.28. The van der Waals surface area contributed by atoms with E-state index in [0.29, 0.717) is 5.75 Å². The summed E-state index contributed by atoms with van der Waals surface area (Å²) in [5, 5.41) is 0. The molecule has 28 heavy (non-hydrogen) atoms. The molecule has 1 heterocycles. The predicted octanol–water partition coefficient (Wildman–Crippen LogP) is 0.860. The number of hydrogen-bond donors (Lipinski definition) is 0. The lowest BCUT2D eigenvalue weighted by Gasteiger charge is -2.27. The van der Waals surface area contributed by atoms with Gasteiger partial charge in [0.1, 0.15) is 11.8 Å². The second-order valence-electron chi connectivity index (χ2n) is 7.28. The third kappa shape index (κ3) is 4.65. The fraction of sp³-hybridized carbons (Fsp3) is 0.588. The summed E-state index contributed by atoms with van der Waals surface area (Å²) in [7, 11) is -5.20. The van der Waals surface area contributed by atoms with E-state index in [1.165, 1.54) is 31.4 Å². The van der Waals surface area contributed by atoms with E-state index in [1.54, 1.807) is 13.8 Å². The first-order valence-electron chi connectivity index (χ1n) is 8.41. The topological polar surface area (TPSA) is 116 Å². The zero-order valence-corrected chi connectivity index (χ0v) is 18.0. The number of esters is 1. The summed E-state index contributed by atoms with van der Waals surface area (Å²) < 4.78 is 65.1. The monoisotopic (exact) mass is 435 g/mol. The molecule has 158 valence electrons. The maximum Gasteiger partial charge on any atom is 0.324 e. The minimum atomic E-state index is -4.05. The van der Waals surface area contributed by atoms with Crippen molar-refractivity contribution in [2.24, 2.45) is 11.3 Å². The van der Waals surface area contributed by atoms with Gasteiger partial charge in [-0.1, -0.05) is 13.8 Å². The first kappa shape index (κ1) is 22.6. The van der Waals surface area contributed by atoms with Crippen molar-refractivity contribution in [2.75, 3.05) is 33.6 Å². The van der Waals surface area contributed by atoms with Gasteiger partial charge >= 0.3 is 5.97 Å². The second kappa shape index (κ2) is 7.97. The summed E-state index contributed by atoms with van der Waals surface area (Å²) in [5.74, 6) is -1.00. The summed E-state index contributed by atoms with van der Waals surface area (Å²) in [6.07, 6.45) is 0.897. The molecule has 0 N–H and O–H groups in total. The Labute approximate surface area is 165 Å². The van der Waals surface area contributed by atoms with E-state index in [4.69, 9.17) is 13.7 Å². The third-order valence-electron chi connectivity index (χ3n) is 4.83. The van der Waals surface area contributed by atoms with Gasteiger partial charge in [0.05, 0.1) is 32.0 Å². The van der Waals surface area contributed by atoms with E-state index in [0.717, 1.165) is 17.7 Å². The lowest BCUT2D eigenvalue weighted by Crippen LogP contribution is -2.45. The van der Waals surface area contributed by atoms with Gasteiger partial charge in [0.25, 0.3) is 10.1 Å². The van der Waals surface area contributed by atoms with Crippen LogP contribution in [-0.4, -0.2) is 66.8 Å². The molecule has 9 nitrogen and oxygen atoms in total. The molecule has 0 aromatic heterocycles. The average molecular weight is 436 g/mol. The number of carbonyl (C=O) groups is 1. The predicted molar refractivity (Wildman–Crippen MR) is 101 cm³/mol. The third-order valence-corrected chi connectivity index (χ3v) is 7.23. The molecule has 0 spiro atoms. The van der Waals surface area contributed by atoms with Crippen molar-refractivity contribution in [3.05, 3.63) is 24.3 Å². The summed E-state index contributed by atoms with van der Waals surface area (Å²) >= 11 is 0. The van der Waals surface area contributed by atoms with Gasteiger partial charge in [-0.2, -0.15) is 12.7 Å². The van der Waals surface area contributed by atoms with Crippen LogP contribution in [0.4, 0.5) is 0 Å². The summed E-state index contributed by atoms with van der Waals surface area (Å²) in [5.41, 5.74) is -0.733. The lowest BCUT2D eigenvalue weighted by atomic mass is 9.79. The van der Waals surface area contributed by atoms with Crippen molar-refractivity contribution in [3.63, 3.8) is 0 Å². The summed E-state index contributed by atoms with van der Waals surface area (Å²) in [4.78, 5) is 12.5. The Morgan fingerprint density at radius 3 is 2.18 bits per heavy atom. The molecule has 11 heteroatoms. The van der Waals surface area contributed by atoms with Crippen LogP contribution in [0.5, 0.6) is 5.75 Å². The number of benzene rings is 1. The van der Waals surface area contributed by atoms with Gasteiger partial charge in [0, 0.05) is 12.5 Å². The highest BCUT2D eigenvalue weighted by atomic mass is 32.2. The Bertz CT molecular complexity index is 922. The molecule has 1 saturated heterocycles. The maximum atomic E-state index is 13.2. The molecule has 1 aromatic carbocycles. The van der Waals surface area contributed by atoms with Crippen LogP contribution in [0, 0.1) is 11.3 Å². The number of methoxy groups -OCH3 is 2. The zero-order valence-electron chi connectivity index (χ0n) is 16.4. The van der Waals surface area contributed by atoms with Gasteiger partial charge in [0.2, 0.25) is 10.0 Å². The van der Waals surface area contributed by atoms with Gasteiger partial charge in [-0.15, -0.1) is 0 Å². The molecular formula is C17H25NO8S2. The van der Waals surface area contributed by atoms with Crippen LogP contribution in [0.15, 0.2) is 29.2 Å². The maximum absolute atomic E-state index is 13.2. The largest absolute Gasteiger partial charge is 0.497 e.